The van der Waals surface area contributed by atoms with E-state index in [1.807, 2.05) is 13.8 Å². The van der Waals surface area contributed by atoms with Gasteiger partial charge >= 0.3 is 0 Å². The molecule has 0 saturated carbocycles. The third-order valence-electron chi connectivity index (χ3n) is 3.59. The van der Waals surface area contributed by atoms with Gasteiger partial charge in [0.15, 0.2) is 0 Å². The molecule has 0 rings (SSSR count). The first-order valence-corrected chi connectivity index (χ1v) is 9.52. The van der Waals surface area contributed by atoms with Gasteiger partial charge in [0, 0.05) is 6.54 Å². The van der Waals surface area contributed by atoms with Crippen molar-refractivity contribution in [3.05, 3.63) is 0 Å². The summed E-state index contributed by atoms with van der Waals surface area (Å²) in [6.45, 7) is 8.24. The van der Waals surface area contributed by atoms with E-state index >= 15 is 0 Å². The van der Waals surface area contributed by atoms with Crippen LogP contribution >= 0.6 is 0 Å². The second kappa shape index (κ2) is 10.6. The minimum absolute atomic E-state index is 0.0614. The SMILES string of the molecule is CCCCCCCNS(=O)(=O)C(CCC(C)O)C(C)C. The van der Waals surface area contributed by atoms with Crippen LogP contribution in [0.1, 0.15) is 72.6 Å². The molecule has 0 heterocycles. The normalized spacial score (nSPS) is 15.5. The van der Waals surface area contributed by atoms with Crippen LogP contribution in [-0.2, 0) is 10.0 Å². The second-order valence-corrected chi connectivity index (χ2v) is 8.05. The molecular weight excluding hydrogens is 274 g/mol. The van der Waals surface area contributed by atoms with Gasteiger partial charge in [0.1, 0.15) is 0 Å². The molecule has 0 aliphatic carbocycles. The Morgan fingerprint density at radius 1 is 1.00 bits per heavy atom. The summed E-state index contributed by atoms with van der Waals surface area (Å²) in [6, 6.07) is 0. The van der Waals surface area contributed by atoms with E-state index in [0.717, 1.165) is 12.8 Å². The average Bonchev–Trinajstić information content (AvgIpc) is 2.32. The fourth-order valence-electron chi connectivity index (χ4n) is 2.30. The van der Waals surface area contributed by atoms with Gasteiger partial charge in [0.2, 0.25) is 10.0 Å². The van der Waals surface area contributed by atoms with Crippen molar-refractivity contribution in [3.8, 4) is 0 Å². The van der Waals surface area contributed by atoms with Gasteiger partial charge in [-0.05, 0) is 32.1 Å². The molecule has 0 aliphatic rings. The van der Waals surface area contributed by atoms with Crippen molar-refractivity contribution in [3.63, 3.8) is 0 Å². The van der Waals surface area contributed by atoms with Crippen LogP contribution in [0, 0.1) is 5.92 Å². The van der Waals surface area contributed by atoms with Crippen LogP contribution in [0.4, 0.5) is 0 Å². The molecule has 0 aromatic heterocycles. The maximum atomic E-state index is 12.3. The van der Waals surface area contributed by atoms with Crippen molar-refractivity contribution in [2.45, 2.75) is 84.0 Å². The van der Waals surface area contributed by atoms with Gasteiger partial charge < -0.3 is 5.11 Å². The van der Waals surface area contributed by atoms with E-state index in [9.17, 15) is 13.5 Å². The van der Waals surface area contributed by atoms with Crippen LogP contribution in [0.2, 0.25) is 0 Å². The molecular formula is C15H33NO3S. The standard InChI is InChI=1S/C15H33NO3S/c1-5-6-7-8-9-12-16-20(18,19)15(13(2)3)11-10-14(4)17/h13-17H,5-12H2,1-4H3. The number of sulfonamides is 1. The summed E-state index contributed by atoms with van der Waals surface area (Å²) in [4.78, 5) is 0. The molecule has 0 bridgehead atoms. The van der Waals surface area contributed by atoms with Crippen molar-refractivity contribution in [2.75, 3.05) is 6.54 Å². The third-order valence-corrected chi connectivity index (χ3v) is 5.78. The zero-order valence-corrected chi connectivity index (χ0v) is 14.4. The zero-order valence-electron chi connectivity index (χ0n) is 13.6. The minimum atomic E-state index is -3.27. The average molecular weight is 308 g/mol. The number of unbranched alkanes of at least 4 members (excludes halogenated alkanes) is 4. The van der Waals surface area contributed by atoms with Crippen LogP contribution in [0.15, 0.2) is 0 Å². The largest absolute Gasteiger partial charge is 0.393 e. The highest BCUT2D eigenvalue weighted by Crippen LogP contribution is 2.18. The predicted octanol–water partition coefficient (Wildman–Crippen LogP) is 3.06. The molecule has 0 radical (unpaired) electrons. The summed E-state index contributed by atoms with van der Waals surface area (Å²) < 4.78 is 27.3. The highest BCUT2D eigenvalue weighted by atomic mass is 32.2. The van der Waals surface area contributed by atoms with E-state index in [0.29, 0.717) is 19.4 Å². The van der Waals surface area contributed by atoms with Gasteiger partial charge in [-0.15, -0.1) is 0 Å². The van der Waals surface area contributed by atoms with Crippen LogP contribution in [-0.4, -0.2) is 31.4 Å². The van der Waals surface area contributed by atoms with E-state index in [-0.39, 0.29) is 5.92 Å². The first-order chi connectivity index (χ1) is 9.31. The highest BCUT2D eigenvalue weighted by molar-refractivity contribution is 7.90. The Labute approximate surface area is 125 Å². The number of rotatable bonds is 12. The molecule has 20 heavy (non-hydrogen) atoms. The van der Waals surface area contributed by atoms with Gasteiger partial charge in [-0.1, -0.05) is 46.5 Å². The van der Waals surface area contributed by atoms with Gasteiger partial charge in [-0.3, -0.25) is 0 Å². The summed E-state index contributed by atoms with van der Waals surface area (Å²) in [5.41, 5.74) is 0. The number of hydrogen-bond acceptors (Lipinski definition) is 3. The quantitative estimate of drug-likeness (QED) is 0.545. The lowest BCUT2D eigenvalue weighted by Crippen LogP contribution is -2.38. The fraction of sp³-hybridized carbons (Fsp3) is 1.00. The summed E-state index contributed by atoms with van der Waals surface area (Å²) in [6.07, 6.45) is 6.17. The summed E-state index contributed by atoms with van der Waals surface area (Å²) in [5.74, 6) is 0.0614. The van der Waals surface area contributed by atoms with Gasteiger partial charge in [-0.25, -0.2) is 13.1 Å². The summed E-state index contributed by atoms with van der Waals surface area (Å²) in [7, 11) is -3.27. The lowest BCUT2D eigenvalue weighted by atomic mass is 10.0. The molecule has 2 N–H and O–H groups in total. The first kappa shape index (κ1) is 19.9. The number of aliphatic hydroxyl groups is 1. The number of nitrogens with one attached hydrogen (secondary N) is 1. The Morgan fingerprint density at radius 3 is 2.10 bits per heavy atom. The van der Waals surface area contributed by atoms with Crippen molar-refractivity contribution in [1.82, 2.24) is 4.72 Å². The molecule has 4 nitrogen and oxygen atoms in total. The monoisotopic (exact) mass is 307 g/mol. The third kappa shape index (κ3) is 8.93. The van der Waals surface area contributed by atoms with E-state index in [1.165, 1.54) is 19.3 Å². The van der Waals surface area contributed by atoms with E-state index in [2.05, 4.69) is 11.6 Å². The highest BCUT2D eigenvalue weighted by Gasteiger charge is 2.27. The Balaban J connectivity index is 4.20. The first-order valence-electron chi connectivity index (χ1n) is 7.97. The van der Waals surface area contributed by atoms with Crippen LogP contribution < -0.4 is 4.72 Å². The summed E-state index contributed by atoms with van der Waals surface area (Å²) >= 11 is 0. The van der Waals surface area contributed by atoms with Crippen LogP contribution in [0.25, 0.3) is 0 Å². The van der Waals surface area contributed by atoms with Crippen molar-refractivity contribution < 1.29 is 13.5 Å². The number of aliphatic hydroxyl groups excluding tert-OH is 1. The smallest absolute Gasteiger partial charge is 0.214 e. The molecule has 0 spiro atoms. The van der Waals surface area contributed by atoms with E-state index < -0.39 is 21.4 Å². The molecule has 0 amide bonds. The second-order valence-electron chi connectivity index (χ2n) is 6.06. The van der Waals surface area contributed by atoms with Gasteiger partial charge in [-0.2, -0.15) is 0 Å². The molecule has 0 aromatic rings. The van der Waals surface area contributed by atoms with Gasteiger partial charge in [0.25, 0.3) is 0 Å². The molecule has 0 aliphatic heterocycles. The molecule has 2 unspecified atom stereocenters. The van der Waals surface area contributed by atoms with Crippen LogP contribution in [0.5, 0.6) is 0 Å². The maximum absolute atomic E-state index is 12.3. The van der Waals surface area contributed by atoms with Crippen molar-refractivity contribution in [1.29, 1.82) is 0 Å². The zero-order chi connectivity index (χ0) is 15.6. The van der Waals surface area contributed by atoms with Gasteiger partial charge in [0.05, 0.1) is 11.4 Å². The van der Waals surface area contributed by atoms with Crippen LogP contribution in [0.3, 0.4) is 0 Å². The molecule has 2 atom stereocenters. The predicted molar refractivity (Wildman–Crippen MR) is 85.2 cm³/mol. The Bertz CT molecular complexity index is 326. The fourth-order valence-corrected chi connectivity index (χ4v) is 4.11. The molecule has 122 valence electrons. The summed E-state index contributed by atoms with van der Waals surface area (Å²) in [5, 5.41) is 8.92. The van der Waals surface area contributed by atoms with E-state index in [4.69, 9.17) is 0 Å². The lowest BCUT2D eigenvalue weighted by molar-refractivity contribution is 0.179. The minimum Gasteiger partial charge on any atom is -0.393 e. The maximum Gasteiger partial charge on any atom is 0.214 e. The molecule has 0 fully saturated rings. The Kier molecular flexibility index (Phi) is 10.5. The molecule has 5 heteroatoms. The number of hydrogen-bond donors (Lipinski definition) is 2. The Morgan fingerprint density at radius 2 is 1.60 bits per heavy atom. The molecule has 0 saturated heterocycles. The molecule has 0 aromatic carbocycles. The van der Waals surface area contributed by atoms with Crippen molar-refractivity contribution >= 4 is 10.0 Å². The topological polar surface area (TPSA) is 66.4 Å². The van der Waals surface area contributed by atoms with Crippen molar-refractivity contribution in [2.24, 2.45) is 5.92 Å². The van der Waals surface area contributed by atoms with E-state index in [1.54, 1.807) is 6.92 Å². The Hall–Kier alpha value is -0.130. The lowest BCUT2D eigenvalue weighted by Gasteiger charge is -2.22.